The molecule has 7 heteroatoms. The fourth-order valence-corrected chi connectivity index (χ4v) is 3.19. The number of methoxy groups -OCH3 is 1. The summed E-state index contributed by atoms with van der Waals surface area (Å²) in [5.74, 6) is 1.47. The highest BCUT2D eigenvalue weighted by molar-refractivity contribution is 7.98. The first-order valence-corrected chi connectivity index (χ1v) is 8.57. The molecular formula is C18H14FN3O2S. The molecular weight excluding hydrogens is 341 g/mol. The number of imidazole rings is 1. The molecule has 2 heterocycles. The number of thioether (sulfide) groups is 1. The van der Waals surface area contributed by atoms with Crippen LogP contribution in [-0.4, -0.2) is 22.1 Å². The van der Waals surface area contributed by atoms with Crippen molar-refractivity contribution in [3.05, 3.63) is 60.2 Å². The Kier molecular flexibility index (Phi) is 4.15. The minimum Gasteiger partial charge on any atom is -0.497 e. The normalized spacial score (nSPS) is 11.1. The van der Waals surface area contributed by atoms with E-state index in [-0.39, 0.29) is 5.82 Å². The number of oxazole rings is 1. The number of aromatic amines is 1. The highest BCUT2D eigenvalue weighted by Gasteiger charge is 2.10. The van der Waals surface area contributed by atoms with E-state index in [0.717, 1.165) is 27.6 Å². The molecule has 0 unspecified atom stereocenters. The largest absolute Gasteiger partial charge is 0.497 e. The summed E-state index contributed by atoms with van der Waals surface area (Å²) in [6.45, 7) is 0. The van der Waals surface area contributed by atoms with Crippen LogP contribution in [0.15, 0.2) is 58.3 Å². The zero-order chi connectivity index (χ0) is 17.2. The minimum atomic E-state index is -0.315. The Labute approximate surface area is 147 Å². The third kappa shape index (κ3) is 3.36. The minimum absolute atomic E-state index is 0.315. The molecule has 0 radical (unpaired) electrons. The molecule has 0 saturated heterocycles. The molecule has 0 atom stereocenters. The molecule has 0 spiro atoms. The molecule has 0 fully saturated rings. The van der Waals surface area contributed by atoms with Crippen LogP contribution in [0.4, 0.5) is 4.39 Å². The van der Waals surface area contributed by atoms with Crippen LogP contribution in [0.1, 0.15) is 5.69 Å². The lowest BCUT2D eigenvalue weighted by Gasteiger charge is -1.96. The third-order valence-electron chi connectivity index (χ3n) is 3.65. The van der Waals surface area contributed by atoms with Crippen molar-refractivity contribution in [2.24, 2.45) is 0 Å². The summed E-state index contributed by atoms with van der Waals surface area (Å²) in [6.07, 6.45) is 1.58. The van der Waals surface area contributed by atoms with E-state index in [1.54, 1.807) is 25.5 Å². The first-order chi connectivity index (χ1) is 12.2. The van der Waals surface area contributed by atoms with Gasteiger partial charge in [-0.1, -0.05) is 17.8 Å². The van der Waals surface area contributed by atoms with Gasteiger partial charge in [0.2, 0.25) is 5.89 Å². The number of aromatic nitrogens is 3. The van der Waals surface area contributed by atoms with Crippen molar-refractivity contribution in [1.82, 2.24) is 15.0 Å². The zero-order valence-corrected chi connectivity index (χ0v) is 14.1. The first kappa shape index (κ1) is 15.7. The van der Waals surface area contributed by atoms with Gasteiger partial charge in [-0.2, -0.15) is 0 Å². The second-order valence-corrected chi connectivity index (χ2v) is 6.33. The topological polar surface area (TPSA) is 63.9 Å². The van der Waals surface area contributed by atoms with Gasteiger partial charge >= 0.3 is 0 Å². The standard InChI is InChI=1S/C18H14FN3O2S/c1-23-14-5-6-15-16(8-14)22-18(21-15)25-10-13-9-24-17(20-13)11-3-2-4-12(19)7-11/h2-9H,10H2,1H3,(H,21,22). The molecule has 4 rings (SSSR count). The Morgan fingerprint density at radius 2 is 2.12 bits per heavy atom. The Balaban J connectivity index is 1.48. The summed E-state index contributed by atoms with van der Waals surface area (Å²) in [6, 6.07) is 11.9. The fourth-order valence-electron chi connectivity index (χ4n) is 2.43. The Morgan fingerprint density at radius 3 is 2.96 bits per heavy atom. The van der Waals surface area contributed by atoms with E-state index in [4.69, 9.17) is 9.15 Å². The lowest BCUT2D eigenvalue weighted by Crippen LogP contribution is -1.84. The number of hydrogen-bond donors (Lipinski definition) is 1. The van der Waals surface area contributed by atoms with Crippen LogP contribution in [0.2, 0.25) is 0 Å². The highest BCUT2D eigenvalue weighted by Crippen LogP contribution is 2.26. The number of nitrogens with zero attached hydrogens (tertiary/aromatic N) is 2. The Hall–Kier alpha value is -2.80. The number of benzene rings is 2. The number of hydrogen-bond acceptors (Lipinski definition) is 5. The maximum atomic E-state index is 13.3. The van der Waals surface area contributed by atoms with Crippen LogP contribution in [0.5, 0.6) is 5.75 Å². The molecule has 2 aromatic carbocycles. The van der Waals surface area contributed by atoms with Gasteiger partial charge in [0.05, 0.1) is 23.8 Å². The molecule has 2 aromatic heterocycles. The van der Waals surface area contributed by atoms with Crippen molar-refractivity contribution in [3.8, 4) is 17.2 Å². The maximum absolute atomic E-state index is 13.3. The third-order valence-corrected chi connectivity index (χ3v) is 4.55. The summed E-state index contributed by atoms with van der Waals surface area (Å²) < 4.78 is 23.9. The predicted molar refractivity (Wildman–Crippen MR) is 94.1 cm³/mol. The maximum Gasteiger partial charge on any atom is 0.226 e. The van der Waals surface area contributed by atoms with E-state index in [0.29, 0.717) is 17.2 Å². The van der Waals surface area contributed by atoms with Crippen molar-refractivity contribution in [2.75, 3.05) is 7.11 Å². The van der Waals surface area contributed by atoms with Gasteiger partial charge in [-0.05, 0) is 30.3 Å². The molecule has 25 heavy (non-hydrogen) atoms. The van der Waals surface area contributed by atoms with Crippen LogP contribution in [0.3, 0.4) is 0 Å². The second kappa shape index (κ2) is 6.60. The van der Waals surface area contributed by atoms with Gasteiger partial charge in [-0.15, -0.1) is 0 Å². The number of rotatable bonds is 5. The predicted octanol–water partition coefficient (Wildman–Crippen LogP) is 4.66. The smallest absolute Gasteiger partial charge is 0.226 e. The monoisotopic (exact) mass is 355 g/mol. The van der Waals surface area contributed by atoms with E-state index >= 15 is 0 Å². The molecule has 0 bridgehead atoms. The molecule has 0 aliphatic heterocycles. The molecule has 4 aromatic rings. The SMILES string of the molecule is COc1ccc2nc(SCc3coc(-c4cccc(F)c4)n3)[nH]c2c1. The summed E-state index contributed by atoms with van der Waals surface area (Å²) in [5, 5.41) is 0.790. The average Bonchev–Trinajstić information content (AvgIpc) is 3.25. The van der Waals surface area contributed by atoms with Crippen LogP contribution < -0.4 is 4.74 Å². The van der Waals surface area contributed by atoms with Gasteiger partial charge < -0.3 is 14.1 Å². The molecule has 5 nitrogen and oxygen atoms in total. The van der Waals surface area contributed by atoms with E-state index < -0.39 is 0 Å². The molecule has 0 amide bonds. The molecule has 0 aliphatic carbocycles. The van der Waals surface area contributed by atoms with Crippen molar-refractivity contribution in [1.29, 1.82) is 0 Å². The number of fused-ring (bicyclic) bond motifs is 1. The summed E-state index contributed by atoms with van der Waals surface area (Å²) in [4.78, 5) is 12.2. The van der Waals surface area contributed by atoms with Crippen molar-refractivity contribution < 1.29 is 13.5 Å². The van der Waals surface area contributed by atoms with Gasteiger partial charge in [0.1, 0.15) is 17.8 Å². The Bertz CT molecular complexity index is 1030. The second-order valence-electron chi connectivity index (χ2n) is 5.37. The molecule has 126 valence electrons. The average molecular weight is 355 g/mol. The first-order valence-electron chi connectivity index (χ1n) is 7.58. The van der Waals surface area contributed by atoms with Crippen LogP contribution >= 0.6 is 11.8 Å². The van der Waals surface area contributed by atoms with Crippen molar-refractivity contribution in [3.63, 3.8) is 0 Å². The Morgan fingerprint density at radius 1 is 1.20 bits per heavy atom. The van der Waals surface area contributed by atoms with E-state index in [2.05, 4.69) is 15.0 Å². The van der Waals surface area contributed by atoms with Crippen molar-refractivity contribution >= 4 is 22.8 Å². The van der Waals surface area contributed by atoms with Crippen molar-refractivity contribution in [2.45, 2.75) is 10.9 Å². The number of nitrogens with one attached hydrogen (secondary N) is 1. The number of H-pyrrole nitrogens is 1. The van der Waals surface area contributed by atoms with E-state index in [9.17, 15) is 4.39 Å². The van der Waals surface area contributed by atoms with Gasteiger partial charge in [-0.3, -0.25) is 0 Å². The van der Waals surface area contributed by atoms with Gasteiger partial charge in [0, 0.05) is 17.4 Å². The number of halogens is 1. The fraction of sp³-hybridized carbons (Fsp3) is 0.111. The van der Waals surface area contributed by atoms with Gasteiger partial charge in [-0.25, -0.2) is 14.4 Å². The van der Waals surface area contributed by atoms with Crippen LogP contribution in [0, 0.1) is 5.82 Å². The van der Waals surface area contributed by atoms with Crippen LogP contribution in [-0.2, 0) is 5.75 Å². The van der Waals surface area contributed by atoms with E-state index in [1.807, 2.05) is 18.2 Å². The van der Waals surface area contributed by atoms with Gasteiger partial charge in [0.15, 0.2) is 5.16 Å². The van der Waals surface area contributed by atoms with Gasteiger partial charge in [0.25, 0.3) is 0 Å². The lowest BCUT2D eigenvalue weighted by atomic mass is 10.2. The lowest BCUT2D eigenvalue weighted by molar-refractivity contribution is 0.415. The van der Waals surface area contributed by atoms with Crippen LogP contribution in [0.25, 0.3) is 22.5 Å². The molecule has 0 aliphatic rings. The quantitative estimate of drug-likeness (QED) is 0.528. The summed E-state index contributed by atoms with van der Waals surface area (Å²) in [5.41, 5.74) is 3.18. The van der Waals surface area contributed by atoms with E-state index in [1.165, 1.54) is 23.9 Å². The zero-order valence-electron chi connectivity index (χ0n) is 13.3. The number of ether oxygens (including phenoxy) is 1. The summed E-state index contributed by atoms with van der Waals surface area (Å²) in [7, 11) is 1.63. The molecule has 0 saturated carbocycles. The summed E-state index contributed by atoms with van der Waals surface area (Å²) >= 11 is 1.52. The highest BCUT2D eigenvalue weighted by atomic mass is 32.2. The molecule has 1 N–H and O–H groups in total.